The molecule has 0 N–H and O–H groups in total. The minimum Gasteiger partial charge on any atom is -0.435 e. The maximum Gasteiger partial charge on any atom is 0.508 e. The molecule has 0 saturated heterocycles. The Hall–Kier alpha value is -1.53. The number of carbonyl (C=O) groups excluding carboxylic acids is 1. The van der Waals surface area contributed by atoms with Crippen molar-refractivity contribution in [2.24, 2.45) is 0 Å². The smallest absolute Gasteiger partial charge is 0.435 e. The molecule has 0 aliphatic rings. The summed E-state index contributed by atoms with van der Waals surface area (Å²) >= 11 is 0. The molecule has 1 atom stereocenters. The Morgan fingerprint density at radius 2 is 2.06 bits per heavy atom. The highest BCUT2D eigenvalue weighted by Crippen LogP contribution is 2.04. The van der Waals surface area contributed by atoms with E-state index in [0.29, 0.717) is 19.3 Å². The summed E-state index contributed by atoms with van der Waals surface area (Å²) in [5.74, 6) is 0. The average molecular weight is 235 g/mol. The van der Waals surface area contributed by atoms with Crippen molar-refractivity contribution in [1.82, 2.24) is 0 Å². The van der Waals surface area contributed by atoms with Crippen molar-refractivity contribution in [3.05, 3.63) is 10.1 Å². The van der Waals surface area contributed by atoms with E-state index in [-0.39, 0.29) is 13.2 Å². The number of hydrogen-bond acceptors (Lipinski definition) is 6. The number of carbonyl (C=O) groups is 1. The molecule has 16 heavy (non-hydrogen) atoms. The zero-order valence-electron chi connectivity index (χ0n) is 9.51. The molecule has 0 saturated carbocycles. The van der Waals surface area contributed by atoms with Gasteiger partial charge in [-0.15, -0.1) is 10.1 Å². The molecule has 0 rings (SSSR count). The van der Waals surface area contributed by atoms with E-state index < -0.39 is 17.3 Å². The number of rotatable bonds is 8. The van der Waals surface area contributed by atoms with Crippen LogP contribution in [-0.2, 0) is 14.3 Å². The fourth-order valence-electron chi connectivity index (χ4n) is 1.05. The van der Waals surface area contributed by atoms with E-state index in [4.69, 9.17) is 4.74 Å². The van der Waals surface area contributed by atoms with Crippen molar-refractivity contribution >= 4 is 6.16 Å². The fourth-order valence-corrected chi connectivity index (χ4v) is 1.05. The summed E-state index contributed by atoms with van der Waals surface area (Å²) < 4.78 is 9.26. The molecule has 0 radical (unpaired) electrons. The molecule has 0 aromatic rings. The lowest BCUT2D eigenvalue weighted by Crippen LogP contribution is -2.13. The highest BCUT2D eigenvalue weighted by molar-refractivity contribution is 5.59. The van der Waals surface area contributed by atoms with Crippen LogP contribution in [0.15, 0.2) is 0 Å². The van der Waals surface area contributed by atoms with Crippen LogP contribution in [-0.4, -0.2) is 30.6 Å². The quantitative estimate of drug-likeness (QED) is 0.276. The molecule has 0 amide bonds. The van der Waals surface area contributed by atoms with Crippen molar-refractivity contribution < 1.29 is 24.2 Å². The van der Waals surface area contributed by atoms with Gasteiger partial charge in [-0.25, -0.2) is 4.79 Å². The zero-order valence-corrected chi connectivity index (χ0v) is 9.51. The summed E-state index contributed by atoms with van der Waals surface area (Å²) in [6.45, 7) is 3.85. The van der Waals surface area contributed by atoms with Gasteiger partial charge in [0.25, 0.3) is 5.09 Å². The van der Waals surface area contributed by atoms with Gasteiger partial charge in [0.1, 0.15) is 6.10 Å². The Labute approximate surface area is 93.8 Å². The molecule has 0 unspecified atom stereocenters. The van der Waals surface area contributed by atoms with Crippen LogP contribution in [0, 0.1) is 10.1 Å². The van der Waals surface area contributed by atoms with E-state index in [1.807, 2.05) is 0 Å². The third-order valence-corrected chi connectivity index (χ3v) is 1.75. The van der Waals surface area contributed by atoms with E-state index in [0.717, 1.165) is 0 Å². The first kappa shape index (κ1) is 14.5. The normalized spacial score (nSPS) is 11.6. The summed E-state index contributed by atoms with van der Waals surface area (Å²) in [6.07, 6.45) is 0.751. The molecular formula is C9H17NO6. The molecule has 7 nitrogen and oxygen atoms in total. The van der Waals surface area contributed by atoms with Crippen LogP contribution in [0.4, 0.5) is 4.79 Å². The number of nitrogens with zero attached hydrogens (tertiary/aromatic N) is 1. The third-order valence-electron chi connectivity index (χ3n) is 1.75. The number of ether oxygens (including phenoxy) is 2. The second-order valence-corrected chi connectivity index (χ2v) is 3.17. The van der Waals surface area contributed by atoms with Crippen molar-refractivity contribution in [3.8, 4) is 0 Å². The Bertz CT molecular complexity index is 220. The van der Waals surface area contributed by atoms with Gasteiger partial charge in [-0.05, 0) is 33.1 Å². The lowest BCUT2D eigenvalue weighted by atomic mass is 10.2. The largest absolute Gasteiger partial charge is 0.508 e. The van der Waals surface area contributed by atoms with Gasteiger partial charge in [0.05, 0.1) is 13.2 Å². The molecule has 0 fully saturated rings. The first-order valence-electron chi connectivity index (χ1n) is 5.17. The molecule has 0 spiro atoms. The van der Waals surface area contributed by atoms with E-state index in [1.54, 1.807) is 13.8 Å². The van der Waals surface area contributed by atoms with Gasteiger partial charge in [0, 0.05) is 0 Å². The molecular weight excluding hydrogens is 218 g/mol. The fraction of sp³-hybridized carbons (Fsp3) is 0.889. The standard InChI is InChI=1S/C9H17NO6/c1-3-14-9(11)15-7-5-4-6-8(2)16-10(12)13/h8H,3-7H2,1-2H3/t8-/m1/s1. The van der Waals surface area contributed by atoms with Crippen molar-refractivity contribution in [3.63, 3.8) is 0 Å². The first-order chi connectivity index (χ1) is 7.56. The van der Waals surface area contributed by atoms with Crippen LogP contribution in [0.5, 0.6) is 0 Å². The molecule has 0 bridgehead atoms. The van der Waals surface area contributed by atoms with Crippen molar-refractivity contribution in [2.75, 3.05) is 13.2 Å². The summed E-state index contributed by atoms with van der Waals surface area (Å²) in [5, 5.41) is 9.15. The molecule has 94 valence electrons. The number of hydrogen-bond donors (Lipinski definition) is 0. The average Bonchev–Trinajstić information content (AvgIpc) is 2.16. The predicted octanol–water partition coefficient (Wildman–Crippen LogP) is 1.93. The van der Waals surface area contributed by atoms with Crippen molar-refractivity contribution in [1.29, 1.82) is 0 Å². The lowest BCUT2D eigenvalue weighted by Gasteiger charge is -2.08. The van der Waals surface area contributed by atoms with Crippen LogP contribution in [0.1, 0.15) is 33.1 Å². The van der Waals surface area contributed by atoms with Crippen LogP contribution in [0.3, 0.4) is 0 Å². The Morgan fingerprint density at radius 3 is 2.62 bits per heavy atom. The minimum absolute atomic E-state index is 0.254. The molecule has 0 aromatic heterocycles. The van der Waals surface area contributed by atoms with Gasteiger partial charge in [-0.2, -0.15) is 0 Å². The minimum atomic E-state index is -0.806. The number of unbranched alkanes of at least 4 members (excludes halogenated alkanes) is 1. The lowest BCUT2D eigenvalue weighted by molar-refractivity contribution is -0.767. The van der Waals surface area contributed by atoms with Gasteiger partial charge < -0.3 is 14.3 Å². The highest BCUT2D eigenvalue weighted by Gasteiger charge is 2.07. The predicted molar refractivity (Wildman–Crippen MR) is 54.4 cm³/mol. The molecule has 0 aliphatic carbocycles. The zero-order chi connectivity index (χ0) is 12.4. The van der Waals surface area contributed by atoms with E-state index in [9.17, 15) is 14.9 Å². The van der Waals surface area contributed by atoms with Gasteiger partial charge >= 0.3 is 6.16 Å². The molecule has 0 aliphatic heterocycles. The van der Waals surface area contributed by atoms with Gasteiger partial charge in [0.2, 0.25) is 0 Å². The Morgan fingerprint density at radius 1 is 1.38 bits per heavy atom. The summed E-state index contributed by atoms with van der Waals surface area (Å²) in [7, 11) is 0. The van der Waals surface area contributed by atoms with E-state index in [2.05, 4.69) is 9.57 Å². The van der Waals surface area contributed by atoms with Gasteiger partial charge in [0.15, 0.2) is 0 Å². The van der Waals surface area contributed by atoms with Crippen molar-refractivity contribution in [2.45, 2.75) is 39.2 Å². The SMILES string of the molecule is CCOC(=O)OCCCC[C@@H](C)O[N+](=O)[O-]. The van der Waals surface area contributed by atoms with E-state index in [1.165, 1.54) is 0 Å². The molecule has 0 aromatic carbocycles. The maximum absolute atomic E-state index is 10.7. The Kier molecular flexibility index (Phi) is 7.92. The third kappa shape index (κ3) is 9.04. The second-order valence-electron chi connectivity index (χ2n) is 3.17. The summed E-state index contributed by atoms with van der Waals surface area (Å²) in [4.78, 5) is 25.0. The first-order valence-corrected chi connectivity index (χ1v) is 5.17. The van der Waals surface area contributed by atoms with Crippen LogP contribution in [0.25, 0.3) is 0 Å². The van der Waals surface area contributed by atoms with Crippen LogP contribution < -0.4 is 0 Å². The summed E-state index contributed by atoms with van der Waals surface area (Å²) in [5.41, 5.74) is 0. The second kappa shape index (κ2) is 8.75. The highest BCUT2D eigenvalue weighted by atomic mass is 17.0. The van der Waals surface area contributed by atoms with Gasteiger partial charge in [-0.1, -0.05) is 0 Å². The Balaban J connectivity index is 3.32. The summed E-state index contributed by atoms with van der Waals surface area (Å²) in [6, 6.07) is 0. The van der Waals surface area contributed by atoms with Gasteiger partial charge in [-0.3, -0.25) is 0 Å². The topological polar surface area (TPSA) is 87.9 Å². The van der Waals surface area contributed by atoms with Crippen LogP contribution in [0.2, 0.25) is 0 Å². The van der Waals surface area contributed by atoms with Crippen LogP contribution >= 0.6 is 0 Å². The monoisotopic (exact) mass is 235 g/mol. The van der Waals surface area contributed by atoms with E-state index >= 15 is 0 Å². The maximum atomic E-state index is 10.7. The molecule has 7 heteroatoms. The molecule has 0 heterocycles.